The quantitative estimate of drug-likeness (QED) is 0.625. The van der Waals surface area contributed by atoms with Crippen LogP contribution in [0.15, 0.2) is 53.1 Å². The van der Waals surface area contributed by atoms with Crippen molar-refractivity contribution in [3.63, 3.8) is 0 Å². The number of methoxy groups -OCH3 is 1. The van der Waals surface area contributed by atoms with Gasteiger partial charge in [0, 0.05) is 18.5 Å². The normalized spacial score (nSPS) is 16.2. The first-order valence-electron chi connectivity index (χ1n) is 9.97. The number of amides is 1. The number of carbonyl (C=O) groups excluding carboxylic acids is 1. The number of carbonyl (C=O) groups is 1. The molecule has 3 aromatic rings. The monoisotopic (exact) mass is 391 g/mol. The van der Waals surface area contributed by atoms with E-state index in [2.05, 4.69) is 10.1 Å². The van der Waals surface area contributed by atoms with Gasteiger partial charge >= 0.3 is 0 Å². The molecule has 1 aromatic heterocycles. The average Bonchev–Trinajstić information content (AvgIpc) is 3.42. The van der Waals surface area contributed by atoms with Gasteiger partial charge in [-0.15, -0.1) is 0 Å². The zero-order chi connectivity index (χ0) is 20.2. The van der Waals surface area contributed by atoms with Crippen LogP contribution in [0.2, 0.25) is 0 Å². The molecular weight excluding hydrogens is 366 g/mol. The van der Waals surface area contributed by atoms with Crippen molar-refractivity contribution >= 4 is 5.91 Å². The van der Waals surface area contributed by atoms with Gasteiger partial charge in [-0.2, -0.15) is 4.98 Å². The Morgan fingerprint density at radius 1 is 1.21 bits per heavy atom. The molecule has 1 atom stereocenters. The van der Waals surface area contributed by atoms with Crippen LogP contribution < -0.4 is 4.74 Å². The molecule has 1 aliphatic heterocycles. The maximum Gasteiger partial charge on any atom is 0.249 e. The van der Waals surface area contributed by atoms with Crippen LogP contribution in [-0.4, -0.2) is 34.6 Å². The predicted octanol–water partition coefficient (Wildman–Crippen LogP) is 4.35. The molecular formula is C23H25N3O3. The Bertz CT molecular complexity index is 981. The minimum Gasteiger partial charge on any atom is -0.496 e. The summed E-state index contributed by atoms with van der Waals surface area (Å²) >= 11 is 0. The summed E-state index contributed by atoms with van der Waals surface area (Å²) in [6.07, 6.45) is 2.85. The van der Waals surface area contributed by atoms with E-state index in [1.54, 1.807) is 7.11 Å². The third kappa shape index (κ3) is 4.16. The van der Waals surface area contributed by atoms with E-state index in [9.17, 15) is 4.79 Å². The van der Waals surface area contributed by atoms with Crippen molar-refractivity contribution in [1.82, 2.24) is 15.0 Å². The van der Waals surface area contributed by atoms with E-state index in [0.29, 0.717) is 24.6 Å². The zero-order valence-corrected chi connectivity index (χ0v) is 16.8. The molecule has 6 nitrogen and oxygen atoms in total. The van der Waals surface area contributed by atoms with Crippen molar-refractivity contribution in [2.75, 3.05) is 13.7 Å². The fraction of sp³-hybridized carbons (Fsp3) is 0.348. The van der Waals surface area contributed by atoms with Crippen LogP contribution in [0.1, 0.15) is 42.3 Å². The minimum atomic E-state index is -0.146. The highest BCUT2D eigenvalue weighted by Crippen LogP contribution is 2.33. The summed E-state index contributed by atoms with van der Waals surface area (Å²) in [5, 5.41) is 4.13. The number of aryl methyl sites for hydroxylation is 2. The molecule has 0 bridgehead atoms. The summed E-state index contributed by atoms with van der Waals surface area (Å²) in [6.45, 7) is 2.76. The van der Waals surface area contributed by atoms with E-state index < -0.39 is 0 Å². The molecule has 1 amide bonds. The Hall–Kier alpha value is -3.15. The smallest absolute Gasteiger partial charge is 0.249 e. The van der Waals surface area contributed by atoms with Crippen LogP contribution in [0.25, 0.3) is 11.4 Å². The van der Waals surface area contributed by atoms with Gasteiger partial charge in [0.1, 0.15) is 11.8 Å². The summed E-state index contributed by atoms with van der Waals surface area (Å²) in [5.74, 6) is 2.00. The van der Waals surface area contributed by atoms with E-state index >= 15 is 0 Å². The number of hydrogen-bond acceptors (Lipinski definition) is 5. The lowest BCUT2D eigenvalue weighted by molar-refractivity contribution is -0.132. The first-order valence-corrected chi connectivity index (χ1v) is 9.97. The largest absolute Gasteiger partial charge is 0.496 e. The number of para-hydroxylation sites is 1. The molecule has 0 radical (unpaired) electrons. The van der Waals surface area contributed by atoms with Crippen molar-refractivity contribution in [2.45, 2.75) is 38.6 Å². The highest BCUT2D eigenvalue weighted by Gasteiger charge is 2.33. The standard InChI is InChI=1S/C23H25N3O3/c1-16-9-11-18(12-10-16)22-24-23(29-25-22)19-7-5-15-26(19)21(27)14-13-17-6-3-4-8-20(17)28-2/h3-4,6,8-12,19H,5,7,13-15H2,1-2H3. The Labute approximate surface area is 170 Å². The van der Waals surface area contributed by atoms with Gasteiger partial charge in [-0.3, -0.25) is 4.79 Å². The third-order valence-electron chi connectivity index (χ3n) is 5.41. The fourth-order valence-corrected chi connectivity index (χ4v) is 3.81. The first kappa shape index (κ1) is 19.2. The SMILES string of the molecule is COc1ccccc1CCC(=O)N1CCCC1c1nc(-c2ccc(C)cc2)no1. The first-order chi connectivity index (χ1) is 14.2. The highest BCUT2D eigenvalue weighted by atomic mass is 16.5. The molecule has 1 fully saturated rings. The molecule has 6 heteroatoms. The lowest BCUT2D eigenvalue weighted by Gasteiger charge is -2.22. The van der Waals surface area contributed by atoms with E-state index in [1.165, 1.54) is 5.56 Å². The van der Waals surface area contributed by atoms with E-state index in [-0.39, 0.29) is 11.9 Å². The molecule has 1 aliphatic rings. The maximum atomic E-state index is 12.9. The lowest BCUT2D eigenvalue weighted by atomic mass is 10.1. The fourth-order valence-electron chi connectivity index (χ4n) is 3.81. The molecule has 150 valence electrons. The van der Waals surface area contributed by atoms with E-state index in [4.69, 9.17) is 9.26 Å². The van der Waals surface area contributed by atoms with Gasteiger partial charge in [-0.05, 0) is 37.8 Å². The molecule has 29 heavy (non-hydrogen) atoms. The Morgan fingerprint density at radius 2 is 2.00 bits per heavy atom. The second-order valence-electron chi connectivity index (χ2n) is 7.38. The molecule has 4 rings (SSSR count). The summed E-state index contributed by atoms with van der Waals surface area (Å²) < 4.78 is 10.9. The molecule has 0 N–H and O–H groups in total. The van der Waals surface area contributed by atoms with Crippen molar-refractivity contribution in [2.24, 2.45) is 0 Å². The Kier molecular flexibility index (Phi) is 5.60. The van der Waals surface area contributed by atoms with Crippen LogP contribution in [0, 0.1) is 6.92 Å². The Morgan fingerprint density at radius 3 is 2.79 bits per heavy atom. The third-order valence-corrected chi connectivity index (χ3v) is 5.41. The van der Waals surface area contributed by atoms with Crippen LogP contribution in [0.4, 0.5) is 0 Å². The number of nitrogens with zero attached hydrogens (tertiary/aromatic N) is 3. The second-order valence-corrected chi connectivity index (χ2v) is 7.38. The van der Waals surface area contributed by atoms with Crippen molar-refractivity contribution < 1.29 is 14.1 Å². The lowest BCUT2D eigenvalue weighted by Crippen LogP contribution is -2.30. The molecule has 0 spiro atoms. The van der Waals surface area contributed by atoms with Crippen LogP contribution in [0.5, 0.6) is 5.75 Å². The summed E-state index contributed by atoms with van der Waals surface area (Å²) in [5.41, 5.74) is 3.14. The molecule has 2 heterocycles. The van der Waals surface area contributed by atoms with Crippen molar-refractivity contribution in [3.8, 4) is 17.1 Å². The van der Waals surface area contributed by atoms with Gasteiger partial charge in [-0.1, -0.05) is 53.2 Å². The average molecular weight is 391 g/mol. The summed E-state index contributed by atoms with van der Waals surface area (Å²) in [6, 6.07) is 15.7. The van der Waals surface area contributed by atoms with E-state index in [0.717, 1.165) is 36.3 Å². The van der Waals surface area contributed by atoms with Gasteiger partial charge in [0.15, 0.2) is 0 Å². The maximum absolute atomic E-state index is 12.9. The molecule has 1 unspecified atom stereocenters. The second kappa shape index (κ2) is 8.47. The van der Waals surface area contributed by atoms with E-state index in [1.807, 2.05) is 60.4 Å². The minimum absolute atomic E-state index is 0.105. The van der Waals surface area contributed by atoms with Gasteiger partial charge in [-0.25, -0.2) is 0 Å². The molecule has 0 saturated carbocycles. The zero-order valence-electron chi connectivity index (χ0n) is 16.8. The number of likely N-dealkylation sites (tertiary alicyclic amines) is 1. The number of ether oxygens (including phenoxy) is 1. The molecule has 0 aliphatic carbocycles. The summed E-state index contributed by atoms with van der Waals surface area (Å²) in [4.78, 5) is 19.4. The molecule has 2 aromatic carbocycles. The number of benzene rings is 2. The van der Waals surface area contributed by atoms with Crippen LogP contribution >= 0.6 is 0 Å². The number of aromatic nitrogens is 2. The van der Waals surface area contributed by atoms with Crippen molar-refractivity contribution in [1.29, 1.82) is 0 Å². The van der Waals surface area contributed by atoms with Gasteiger partial charge in [0.2, 0.25) is 17.6 Å². The Balaban J connectivity index is 1.45. The number of rotatable bonds is 6. The number of hydrogen-bond donors (Lipinski definition) is 0. The topological polar surface area (TPSA) is 68.5 Å². The summed E-state index contributed by atoms with van der Waals surface area (Å²) in [7, 11) is 1.65. The van der Waals surface area contributed by atoms with Crippen molar-refractivity contribution in [3.05, 3.63) is 65.5 Å². The van der Waals surface area contributed by atoms with Gasteiger partial charge in [0.25, 0.3) is 0 Å². The van der Waals surface area contributed by atoms with Crippen LogP contribution in [0.3, 0.4) is 0 Å². The van der Waals surface area contributed by atoms with Crippen LogP contribution in [-0.2, 0) is 11.2 Å². The van der Waals surface area contributed by atoms with Gasteiger partial charge < -0.3 is 14.2 Å². The highest BCUT2D eigenvalue weighted by molar-refractivity contribution is 5.77. The van der Waals surface area contributed by atoms with Gasteiger partial charge in [0.05, 0.1) is 7.11 Å². The predicted molar refractivity (Wildman–Crippen MR) is 109 cm³/mol. The molecule has 1 saturated heterocycles.